The van der Waals surface area contributed by atoms with Gasteiger partial charge in [-0.2, -0.15) is 0 Å². The lowest BCUT2D eigenvalue weighted by Crippen LogP contribution is -2.14. The Balaban J connectivity index is 1.70. The van der Waals surface area contributed by atoms with Crippen molar-refractivity contribution < 1.29 is 9.53 Å². The first-order valence-corrected chi connectivity index (χ1v) is 10.2. The summed E-state index contributed by atoms with van der Waals surface area (Å²) in [6.45, 7) is 2.68. The molecule has 2 aromatic carbocycles. The Morgan fingerprint density at radius 1 is 1.18 bits per heavy atom. The number of rotatable bonds is 7. The van der Waals surface area contributed by atoms with Crippen molar-refractivity contribution in [2.45, 2.75) is 18.6 Å². The van der Waals surface area contributed by atoms with Crippen molar-refractivity contribution in [3.63, 3.8) is 0 Å². The molecule has 0 radical (unpaired) electrons. The standard InChI is InChI=1S/C19H18Cl2N4O2S/c1-3-25-18(12-5-4-6-16(7-12)27-2)23-24-19(25)28-11-17(26)22-15-9-13(20)8-14(21)10-15/h4-10H,3,11H2,1-2H3,(H,22,26). The lowest BCUT2D eigenvalue weighted by molar-refractivity contribution is -0.113. The highest BCUT2D eigenvalue weighted by Gasteiger charge is 2.15. The van der Waals surface area contributed by atoms with Crippen LogP contribution >= 0.6 is 35.0 Å². The molecule has 0 aliphatic carbocycles. The van der Waals surface area contributed by atoms with Gasteiger partial charge in [-0.25, -0.2) is 0 Å². The molecular weight excluding hydrogens is 419 g/mol. The molecule has 1 aromatic heterocycles. The maximum Gasteiger partial charge on any atom is 0.234 e. The third kappa shape index (κ3) is 4.98. The summed E-state index contributed by atoms with van der Waals surface area (Å²) < 4.78 is 7.24. The lowest BCUT2D eigenvalue weighted by atomic mass is 10.2. The Morgan fingerprint density at radius 3 is 2.61 bits per heavy atom. The fourth-order valence-electron chi connectivity index (χ4n) is 2.61. The van der Waals surface area contributed by atoms with E-state index >= 15 is 0 Å². The molecule has 146 valence electrons. The molecule has 0 aliphatic rings. The largest absolute Gasteiger partial charge is 0.497 e. The number of hydrogen-bond acceptors (Lipinski definition) is 5. The minimum Gasteiger partial charge on any atom is -0.497 e. The van der Waals surface area contributed by atoms with Crippen molar-refractivity contribution in [2.75, 3.05) is 18.2 Å². The smallest absolute Gasteiger partial charge is 0.234 e. The topological polar surface area (TPSA) is 69.0 Å². The lowest BCUT2D eigenvalue weighted by Gasteiger charge is -2.09. The number of ether oxygens (including phenoxy) is 1. The van der Waals surface area contributed by atoms with Crippen LogP contribution in [0.2, 0.25) is 10.0 Å². The number of carbonyl (C=O) groups is 1. The minimum atomic E-state index is -0.183. The summed E-state index contributed by atoms with van der Waals surface area (Å²) in [5.41, 5.74) is 1.45. The van der Waals surface area contributed by atoms with E-state index in [9.17, 15) is 4.79 Å². The zero-order valence-electron chi connectivity index (χ0n) is 15.3. The van der Waals surface area contributed by atoms with Crippen LogP contribution in [-0.4, -0.2) is 33.5 Å². The Bertz CT molecular complexity index is 974. The molecule has 0 aliphatic heterocycles. The van der Waals surface area contributed by atoms with Gasteiger partial charge in [0.15, 0.2) is 11.0 Å². The van der Waals surface area contributed by atoms with E-state index in [2.05, 4.69) is 15.5 Å². The summed E-state index contributed by atoms with van der Waals surface area (Å²) in [5, 5.41) is 12.9. The second-order valence-corrected chi connectivity index (χ2v) is 7.59. The molecule has 0 fully saturated rings. The van der Waals surface area contributed by atoms with Gasteiger partial charge in [0.2, 0.25) is 5.91 Å². The highest BCUT2D eigenvalue weighted by atomic mass is 35.5. The Kier molecular flexibility index (Phi) is 6.83. The fourth-order valence-corrected chi connectivity index (χ4v) is 3.94. The molecule has 1 N–H and O–H groups in total. The number of thioether (sulfide) groups is 1. The van der Waals surface area contributed by atoms with E-state index in [1.54, 1.807) is 25.3 Å². The molecule has 0 unspecified atom stereocenters. The van der Waals surface area contributed by atoms with Crippen LogP contribution in [0, 0.1) is 0 Å². The summed E-state index contributed by atoms with van der Waals surface area (Å²) >= 11 is 13.2. The maximum atomic E-state index is 12.3. The maximum absolute atomic E-state index is 12.3. The summed E-state index contributed by atoms with van der Waals surface area (Å²) in [4.78, 5) is 12.3. The number of carbonyl (C=O) groups excluding carboxylic acids is 1. The molecule has 3 aromatic rings. The number of benzene rings is 2. The monoisotopic (exact) mass is 436 g/mol. The normalized spacial score (nSPS) is 10.7. The van der Waals surface area contributed by atoms with Gasteiger partial charge in [0.05, 0.1) is 12.9 Å². The molecule has 9 heteroatoms. The number of nitrogens with zero attached hydrogens (tertiary/aromatic N) is 3. The summed E-state index contributed by atoms with van der Waals surface area (Å²) in [7, 11) is 1.62. The predicted molar refractivity (Wildman–Crippen MR) is 113 cm³/mol. The summed E-state index contributed by atoms with van der Waals surface area (Å²) in [5.74, 6) is 1.47. The van der Waals surface area contributed by atoms with Crippen LogP contribution in [0.5, 0.6) is 5.75 Å². The molecule has 0 saturated heterocycles. The van der Waals surface area contributed by atoms with Crippen LogP contribution in [0.15, 0.2) is 47.6 Å². The van der Waals surface area contributed by atoms with Crippen molar-refractivity contribution in [1.29, 1.82) is 0 Å². The van der Waals surface area contributed by atoms with E-state index in [0.29, 0.717) is 27.4 Å². The summed E-state index contributed by atoms with van der Waals surface area (Å²) in [6, 6.07) is 12.5. The van der Waals surface area contributed by atoms with Gasteiger partial charge in [-0.05, 0) is 37.3 Å². The van der Waals surface area contributed by atoms with Crippen LogP contribution in [0.1, 0.15) is 6.92 Å². The number of hydrogen-bond donors (Lipinski definition) is 1. The van der Waals surface area contributed by atoms with E-state index in [-0.39, 0.29) is 11.7 Å². The molecule has 0 bridgehead atoms. The second-order valence-electron chi connectivity index (χ2n) is 5.78. The molecule has 3 rings (SSSR count). The van der Waals surface area contributed by atoms with Crippen LogP contribution in [0.3, 0.4) is 0 Å². The van der Waals surface area contributed by atoms with Crippen molar-refractivity contribution >= 4 is 46.6 Å². The van der Waals surface area contributed by atoms with Gasteiger partial charge in [-0.1, -0.05) is 47.1 Å². The first-order valence-electron chi connectivity index (χ1n) is 8.46. The Morgan fingerprint density at radius 2 is 1.93 bits per heavy atom. The van der Waals surface area contributed by atoms with E-state index in [1.165, 1.54) is 11.8 Å². The average molecular weight is 437 g/mol. The molecule has 28 heavy (non-hydrogen) atoms. The van der Waals surface area contributed by atoms with Gasteiger partial charge in [-0.15, -0.1) is 10.2 Å². The SMILES string of the molecule is CCn1c(SCC(=O)Nc2cc(Cl)cc(Cl)c2)nnc1-c1cccc(OC)c1. The third-order valence-electron chi connectivity index (χ3n) is 3.84. The number of amides is 1. The number of methoxy groups -OCH3 is 1. The molecule has 6 nitrogen and oxygen atoms in total. The number of nitrogens with one attached hydrogen (secondary N) is 1. The number of aromatic nitrogens is 3. The van der Waals surface area contributed by atoms with Crippen molar-refractivity contribution in [2.24, 2.45) is 0 Å². The van der Waals surface area contributed by atoms with E-state index in [0.717, 1.165) is 17.1 Å². The average Bonchev–Trinajstić information content (AvgIpc) is 3.08. The zero-order chi connectivity index (χ0) is 20.1. The highest BCUT2D eigenvalue weighted by Crippen LogP contribution is 2.27. The Hall–Kier alpha value is -2.22. The van der Waals surface area contributed by atoms with Crippen LogP contribution in [0.25, 0.3) is 11.4 Å². The van der Waals surface area contributed by atoms with Gasteiger partial charge in [0, 0.05) is 27.8 Å². The highest BCUT2D eigenvalue weighted by molar-refractivity contribution is 7.99. The van der Waals surface area contributed by atoms with Gasteiger partial charge in [-0.3, -0.25) is 4.79 Å². The molecule has 1 amide bonds. The van der Waals surface area contributed by atoms with Gasteiger partial charge < -0.3 is 14.6 Å². The third-order valence-corrected chi connectivity index (χ3v) is 5.24. The molecule has 0 saturated carbocycles. The molecule has 0 atom stereocenters. The Labute approximate surface area is 177 Å². The van der Waals surface area contributed by atoms with Gasteiger partial charge >= 0.3 is 0 Å². The first-order chi connectivity index (χ1) is 13.5. The van der Waals surface area contributed by atoms with E-state index < -0.39 is 0 Å². The second kappa shape index (κ2) is 9.32. The number of anilines is 1. The van der Waals surface area contributed by atoms with Crippen LogP contribution in [-0.2, 0) is 11.3 Å². The molecular formula is C19H18Cl2N4O2S. The zero-order valence-corrected chi connectivity index (χ0v) is 17.6. The van der Waals surface area contributed by atoms with Crippen LogP contribution in [0.4, 0.5) is 5.69 Å². The fraction of sp³-hybridized carbons (Fsp3) is 0.211. The first kappa shape index (κ1) is 20.5. The van der Waals surface area contributed by atoms with Gasteiger partial charge in [0.1, 0.15) is 5.75 Å². The molecule has 1 heterocycles. The minimum absolute atomic E-state index is 0.181. The van der Waals surface area contributed by atoms with Crippen molar-refractivity contribution in [3.8, 4) is 17.1 Å². The summed E-state index contributed by atoms with van der Waals surface area (Å²) in [6.07, 6.45) is 0. The predicted octanol–water partition coefficient (Wildman–Crippen LogP) is 5.01. The van der Waals surface area contributed by atoms with Gasteiger partial charge in [0.25, 0.3) is 0 Å². The number of halogens is 2. The molecule has 0 spiro atoms. The quantitative estimate of drug-likeness (QED) is 0.527. The van der Waals surface area contributed by atoms with Crippen molar-refractivity contribution in [3.05, 3.63) is 52.5 Å². The van der Waals surface area contributed by atoms with E-state index in [1.807, 2.05) is 35.8 Å². The van der Waals surface area contributed by atoms with Crippen molar-refractivity contribution in [1.82, 2.24) is 14.8 Å². The van der Waals surface area contributed by atoms with Crippen LogP contribution < -0.4 is 10.1 Å². The van der Waals surface area contributed by atoms with E-state index in [4.69, 9.17) is 27.9 Å².